The van der Waals surface area contributed by atoms with E-state index < -0.39 is 11.9 Å². The first-order valence-electron chi connectivity index (χ1n) is 7.64. The lowest BCUT2D eigenvalue weighted by atomic mass is 10.4. The molecule has 1 aromatic rings. The summed E-state index contributed by atoms with van der Waals surface area (Å²) in [6.07, 6.45) is 0.799. The van der Waals surface area contributed by atoms with Gasteiger partial charge in [0, 0.05) is 11.4 Å². The first-order chi connectivity index (χ1) is 11.0. The molecule has 128 valence electrons. The third-order valence-corrected chi connectivity index (χ3v) is 3.89. The maximum absolute atomic E-state index is 11.9. The highest BCUT2D eigenvalue weighted by Crippen LogP contribution is 2.07. The summed E-state index contributed by atoms with van der Waals surface area (Å²) in [4.78, 5) is 37.8. The fourth-order valence-electron chi connectivity index (χ4n) is 1.79. The Kier molecular flexibility index (Phi) is 8.93. The summed E-state index contributed by atoms with van der Waals surface area (Å²) in [5.74, 6) is -0.574. The second-order valence-electron chi connectivity index (χ2n) is 4.96. The van der Waals surface area contributed by atoms with Gasteiger partial charge in [-0.25, -0.2) is 4.79 Å². The van der Waals surface area contributed by atoms with Gasteiger partial charge in [-0.05, 0) is 24.4 Å². The van der Waals surface area contributed by atoms with Gasteiger partial charge in [-0.3, -0.25) is 19.8 Å². The molecule has 0 aliphatic heterocycles. The molecule has 0 atom stereocenters. The van der Waals surface area contributed by atoms with Gasteiger partial charge >= 0.3 is 6.03 Å². The van der Waals surface area contributed by atoms with Crippen molar-refractivity contribution < 1.29 is 14.4 Å². The quantitative estimate of drug-likeness (QED) is 0.623. The van der Waals surface area contributed by atoms with Crippen molar-refractivity contribution in [3.05, 3.63) is 22.4 Å². The Bertz CT molecular complexity index is 505. The first-order valence-corrected chi connectivity index (χ1v) is 8.52. The Balaban J connectivity index is 2.30. The molecule has 7 nitrogen and oxygen atoms in total. The summed E-state index contributed by atoms with van der Waals surface area (Å²) >= 11 is 1.58. The molecular formula is C15H24N4O3S. The largest absolute Gasteiger partial charge is 0.350 e. The van der Waals surface area contributed by atoms with Crippen LogP contribution in [0, 0.1) is 0 Å². The minimum absolute atomic E-state index is 0.00245. The lowest BCUT2D eigenvalue weighted by molar-refractivity contribution is -0.124. The van der Waals surface area contributed by atoms with E-state index in [1.807, 2.05) is 31.4 Å². The number of carbonyl (C=O) groups excluding carboxylic acids is 3. The SMILES string of the molecule is CCCNC(=O)NC(=O)CN(CC)CC(=O)NCc1cccs1. The zero-order valence-electron chi connectivity index (χ0n) is 13.6. The van der Waals surface area contributed by atoms with Crippen LogP contribution in [0.15, 0.2) is 17.5 Å². The lowest BCUT2D eigenvalue weighted by Crippen LogP contribution is -2.46. The number of carbonyl (C=O) groups is 3. The van der Waals surface area contributed by atoms with E-state index in [2.05, 4.69) is 16.0 Å². The molecule has 0 saturated carbocycles. The molecule has 0 unspecified atom stereocenters. The molecule has 0 fully saturated rings. The van der Waals surface area contributed by atoms with Crippen molar-refractivity contribution in [1.29, 1.82) is 0 Å². The van der Waals surface area contributed by atoms with Crippen molar-refractivity contribution in [3.63, 3.8) is 0 Å². The zero-order valence-corrected chi connectivity index (χ0v) is 14.4. The second-order valence-corrected chi connectivity index (χ2v) is 6.00. The van der Waals surface area contributed by atoms with Crippen LogP contribution in [0.3, 0.4) is 0 Å². The fourth-order valence-corrected chi connectivity index (χ4v) is 2.43. The van der Waals surface area contributed by atoms with Crippen LogP contribution >= 0.6 is 11.3 Å². The van der Waals surface area contributed by atoms with E-state index in [4.69, 9.17) is 0 Å². The third-order valence-electron chi connectivity index (χ3n) is 3.01. The number of nitrogens with one attached hydrogen (secondary N) is 3. The predicted molar refractivity (Wildman–Crippen MR) is 90.1 cm³/mol. The molecule has 0 spiro atoms. The predicted octanol–water partition coefficient (Wildman–Crippen LogP) is 0.922. The summed E-state index contributed by atoms with van der Waals surface area (Å²) in [5.41, 5.74) is 0. The van der Waals surface area contributed by atoms with Crippen LogP contribution in [-0.2, 0) is 16.1 Å². The Morgan fingerprint density at radius 1 is 1.13 bits per heavy atom. The number of amides is 4. The molecule has 0 aliphatic rings. The molecule has 1 rings (SSSR count). The van der Waals surface area contributed by atoms with E-state index in [1.165, 1.54) is 0 Å². The number of hydrogen-bond donors (Lipinski definition) is 3. The van der Waals surface area contributed by atoms with Gasteiger partial charge in [0.2, 0.25) is 11.8 Å². The standard InChI is InChI=1S/C15H24N4O3S/c1-3-7-16-15(22)18-14(21)11-19(4-2)10-13(20)17-9-12-6-5-8-23-12/h5-6,8H,3-4,7,9-11H2,1-2H3,(H,17,20)(H2,16,18,21,22). The number of likely N-dealkylation sites (N-methyl/N-ethyl adjacent to an activating group) is 1. The van der Waals surface area contributed by atoms with Gasteiger partial charge in [0.1, 0.15) is 0 Å². The van der Waals surface area contributed by atoms with Gasteiger partial charge in [-0.2, -0.15) is 0 Å². The summed E-state index contributed by atoms with van der Waals surface area (Å²) in [5, 5.41) is 9.57. The molecule has 0 radical (unpaired) electrons. The van der Waals surface area contributed by atoms with Crippen molar-refractivity contribution in [2.45, 2.75) is 26.8 Å². The summed E-state index contributed by atoms with van der Waals surface area (Å²) in [6.45, 7) is 5.44. The van der Waals surface area contributed by atoms with Crippen molar-refractivity contribution in [3.8, 4) is 0 Å². The van der Waals surface area contributed by atoms with Crippen LogP contribution in [0.4, 0.5) is 4.79 Å². The van der Waals surface area contributed by atoms with E-state index >= 15 is 0 Å². The molecule has 1 aromatic heterocycles. The highest BCUT2D eigenvalue weighted by Gasteiger charge is 2.14. The smallest absolute Gasteiger partial charge is 0.321 e. The molecular weight excluding hydrogens is 316 g/mol. The summed E-state index contributed by atoms with van der Waals surface area (Å²) in [7, 11) is 0. The number of rotatable bonds is 9. The van der Waals surface area contributed by atoms with E-state index in [-0.39, 0.29) is 19.0 Å². The molecule has 8 heteroatoms. The number of thiophene rings is 1. The zero-order chi connectivity index (χ0) is 17.1. The molecule has 3 N–H and O–H groups in total. The minimum atomic E-state index is -0.505. The Morgan fingerprint density at radius 3 is 2.48 bits per heavy atom. The molecule has 1 heterocycles. The van der Waals surface area contributed by atoms with Crippen LogP contribution in [0.2, 0.25) is 0 Å². The average molecular weight is 340 g/mol. The van der Waals surface area contributed by atoms with Crippen LogP contribution in [0.25, 0.3) is 0 Å². The maximum atomic E-state index is 11.9. The van der Waals surface area contributed by atoms with Crippen LogP contribution in [0.1, 0.15) is 25.1 Å². The summed E-state index contributed by atoms with van der Waals surface area (Å²) < 4.78 is 0. The highest BCUT2D eigenvalue weighted by molar-refractivity contribution is 7.09. The average Bonchev–Trinajstić information content (AvgIpc) is 3.03. The molecule has 0 aliphatic carbocycles. The van der Waals surface area contributed by atoms with E-state index in [1.54, 1.807) is 16.2 Å². The highest BCUT2D eigenvalue weighted by atomic mass is 32.1. The number of urea groups is 1. The monoisotopic (exact) mass is 340 g/mol. The van der Waals surface area contributed by atoms with Crippen molar-refractivity contribution in [2.24, 2.45) is 0 Å². The van der Waals surface area contributed by atoms with Gasteiger partial charge in [-0.1, -0.05) is 19.9 Å². The Hall–Kier alpha value is -1.93. The fraction of sp³-hybridized carbons (Fsp3) is 0.533. The normalized spacial score (nSPS) is 10.4. The molecule has 0 aromatic carbocycles. The van der Waals surface area contributed by atoms with E-state index in [0.29, 0.717) is 19.6 Å². The Morgan fingerprint density at radius 2 is 1.87 bits per heavy atom. The van der Waals surface area contributed by atoms with Gasteiger partial charge in [0.25, 0.3) is 0 Å². The number of nitrogens with zero attached hydrogens (tertiary/aromatic N) is 1. The Labute approximate surface area is 140 Å². The third kappa shape index (κ3) is 8.32. The molecule has 4 amide bonds. The van der Waals surface area contributed by atoms with Crippen LogP contribution in [-0.4, -0.2) is 48.9 Å². The molecule has 0 bridgehead atoms. The van der Waals surface area contributed by atoms with Crippen LogP contribution in [0.5, 0.6) is 0 Å². The van der Waals surface area contributed by atoms with Gasteiger partial charge in [0.05, 0.1) is 19.6 Å². The number of imide groups is 1. The minimum Gasteiger partial charge on any atom is -0.350 e. The van der Waals surface area contributed by atoms with E-state index in [9.17, 15) is 14.4 Å². The van der Waals surface area contributed by atoms with Crippen molar-refractivity contribution in [1.82, 2.24) is 20.9 Å². The lowest BCUT2D eigenvalue weighted by Gasteiger charge is -2.19. The number of hydrogen-bond acceptors (Lipinski definition) is 5. The van der Waals surface area contributed by atoms with Gasteiger partial charge < -0.3 is 10.6 Å². The topological polar surface area (TPSA) is 90.5 Å². The van der Waals surface area contributed by atoms with Gasteiger partial charge in [-0.15, -0.1) is 11.3 Å². The molecule has 0 saturated heterocycles. The molecule has 23 heavy (non-hydrogen) atoms. The maximum Gasteiger partial charge on any atom is 0.321 e. The second kappa shape index (κ2) is 10.7. The van der Waals surface area contributed by atoms with Crippen molar-refractivity contribution >= 4 is 29.2 Å². The van der Waals surface area contributed by atoms with E-state index in [0.717, 1.165) is 11.3 Å². The van der Waals surface area contributed by atoms with Crippen LogP contribution < -0.4 is 16.0 Å². The summed E-state index contributed by atoms with van der Waals surface area (Å²) in [6, 6.07) is 3.37. The van der Waals surface area contributed by atoms with Gasteiger partial charge in [0.15, 0.2) is 0 Å². The van der Waals surface area contributed by atoms with Crippen molar-refractivity contribution in [2.75, 3.05) is 26.2 Å². The first kappa shape index (κ1) is 19.1.